The van der Waals surface area contributed by atoms with Crippen LogP contribution in [0.2, 0.25) is 0 Å². The standard InChI is InChI=1S/C25H25NO6/c27-22(13-14-25(29)30)12-11-21-15-23(28)24(31-17-19-7-3-1-4-8-19)16-26(21)32-18-20-9-5-2-6-10-20/h1-10,15-16H,11-14,17-18H2,(H,29,30). The maximum Gasteiger partial charge on any atom is 0.303 e. The predicted molar refractivity (Wildman–Crippen MR) is 118 cm³/mol. The Morgan fingerprint density at radius 3 is 2.09 bits per heavy atom. The van der Waals surface area contributed by atoms with Crippen molar-refractivity contribution in [3.8, 4) is 5.75 Å². The number of pyridine rings is 1. The number of carbonyl (C=O) groups excluding carboxylic acids is 1. The summed E-state index contributed by atoms with van der Waals surface area (Å²) in [4.78, 5) is 41.2. The van der Waals surface area contributed by atoms with Crippen LogP contribution in [-0.4, -0.2) is 21.6 Å². The first-order valence-corrected chi connectivity index (χ1v) is 10.3. The van der Waals surface area contributed by atoms with E-state index in [4.69, 9.17) is 14.7 Å². The Bertz CT molecular complexity index is 1090. The maximum atomic E-state index is 12.6. The van der Waals surface area contributed by atoms with Crippen LogP contribution >= 0.6 is 0 Å². The summed E-state index contributed by atoms with van der Waals surface area (Å²) in [5.41, 5.74) is 2.08. The Balaban J connectivity index is 1.75. The molecule has 7 nitrogen and oxygen atoms in total. The molecule has 0 bridgehead atoms. The van der Waals surface area contributed by atoms with Crippen molar-refractivity contribution in [3.63, 3.8) is 0 Å². The van der Waals surface area contributed by atoms with E-state index in [1.807, 2.05) is 60.7 Å². The monoisotopic (exact) mass is 435 g/mol. The van der Waals surface area contributed by atoms with Gasteiger partial charge in [0.05, 0.1) is 18.3 Å². The minimum atomic E-state index is -1.01. The molecule has 1 N–H and O–H groups in total. The Labute approximate surface area is 185 Å². The van der Waals surface area contributed by atoms with Crippen molar-refractivity contribution in [1.29, 1.82) is 0 Å². The van der Waals surface area contributed by atoms with Gasteiger partial charge in [-0.3, -0.25) is 14.4 Å². The third kappa shape index (κ3) is 7.12. The van der Waals surface area contributed by atoms with Gasteiger partial charge in [0.1, 0.15) is 19.0 Å². The predicted octanol–water partition coefficient (Wildman–Crippen LogP) is 3.42. The van der Waals surface area contributed by atoms with E-state index in [0.29, 0.717) is 5.69 Å². The Kier molecular flexibility index (Phi) is 8.20. The number of benzene rings is 2. The number of hydrogen-bond acceptors (Lipinski definition) is 5. The minimum absolute atomic E-state index is 0.0390. The molecule has 0 aliphatic heterocycles. The van der Waals surface area contributed by atoms with Gasteiger partial charge in [0.15, 0.2) is 5.75 Å². The number of carboxylic acids is 1. The van der Waals surface area contributed by atoms with Gasteiger partial charge in [0.2, 0.25) is 5.43 Å². The second-order valence-corrected chi connectivity index (χ2v) is 7.28. The molecular formula is C25H25NO6. The van der Waals surface area contributed by atoms with E-state index in [9.17, 15) is 14.4 Å². The first-order valence-electron chi connectivity index (χ1n) is 10.3. The number of Topliss-reactive ketones (excluding diaryl/α,β-unsaturated/α-hetero) is 1. The molecule has 0 amide bonds. The van der Waals surface area contributed by atoms with E-state index in [-0.39, 0.29) is 55.9 Å². The summed E-state index contributed by atoms with van der Waals surface area (Å²) in [5.74, 6) is -1.05. The van der Waals surface area contributed by atoms with Crippen LogP contribution in [0.1, 0.15) is 36.1 Å². The quantitative estimate of drug-likeness (QED) is 0.468. The van der Waals surface area contributed by atoms with Crippen molar-refractivity contribution in [1.82, 2.24) is 4.73 Å². The number of rotatable bonds is 12. The van der Waals surface area contributed by atoms with E-state index >= 15 is 0 Å². The highest BCUT2D eigenvalue weighted by atomic mass is 16.7. The highest BCUT2D eigenvalue weighted by Crippen LogP contribution is 2.12. The van der Waals surface area contributed by atoms with Gasteiger partial charge in [-0.1, -0.05) is 60.7 Å². The third-order valence-electron chi connectivity index (χ3n) is 4.79. The molecule has 0 atom stereocenters. The number of carboxylic acid groups (broad SMARTS) is 1. The normalized spacial score (nSPS) is 10.5. The van der Waals surface area contributed by atoms with Crippen molar-refractivity contribution < 1.29 is 24.3 Å². The first-order chi connectivity index (χ1) is 15.5. The Hall–Kier alpha value is -3.87. The molecule has 2 aromatic carbocycles. The second-order valence-electron chi connectivity index (χ2n) is 7.28. The fraction of sp³-hybridized carbons (Fsp3) is 0.240. The zero-order valence-electron chi connectivity index (χ0n) is 17.6. The van der Waals surface area contributed by atoms with E-state index in [1.54, 1.807) is 0 Å². The van der Waals surface area contributed by atoms with Crippen LogP contribution in [0.3, 0.4) is 0 Å². The van der Waals surface area contributed by atoms with Gasteiger partial charge < -0.3 is 14.7 Å². The number of aliphatic carboxylic acids is 1. The molecule has 3 rings (SSSR count). The number of hydrogen-bond donors (Lipinski definition) is 1. The average molecular weight is 435 g/mol. The van der Waals surface area contributed by atoms with E-state index in [2.05, 4.69) is 0 Å². The van der Waals surface area contributed by atoms with Crippen LogP contribution in [0.15, 0.2) is 77.7 Å². The molecule has 32 heavy (non-hydrogen) atoms. The highest BCUT2D eigenvalue weighted by molar-refractivity contribution is 5.82. The van der Waals surface area contributed by atoms with E-state index in [0.717, 1.165) is 11.1 Å². The number of carbonyl (C=O) groups is 2. The van der Waals surface area contributed by atoms with Crippen molar-refractivity contribution in [2.24, 2.45) is 0 Å². The van der Waals surface area contributed by atoms with Gasteiger partial charge >= 0.3 is 5.97 Å². The lowest BCUT2D eigenvalue weighted by Gasteiger charge is -2.16. The lowest BCUT2D eigenvalue weighted by molar-refractivity contribution is -0.138. The van der Waals surface area contributed by atoms with Gasteiger partial charge in [-0.2, -0.15) is 4.73 Å². The molecule has 7 heteroatoms. The number of aromatic nitrogens is 1. The molecule has 166 valence electrons. The molecule has 0 saturated carbocycles. The fourth-order valence-corrected chi connectivity index (χ4v) is 3.04. The molecule has 1 heterocycles. The van der Waals surface area contributed by atoms with Crippen molar-refractivity contribution in [2.75, 3.05) is 0 Å². The van der Waals surface area contributed by atoms with E-state index in [1.165, 1.54) is 17.0 Å². The number of ketones is 1. The fourth-order valence-electron chi connectivity index (χ4n) is 3.04. The van der Waals surface area contributed by atoms with Gasteiger partial charge in [-0.25, -0.2) is 0 Å². The summed E-state index contributed by atoms with van der Waals surface area (Å²) in [7, 11) is 0. The lowest BCUT2D eigenvalue weighted by atomic mass is 10.1. The Morgan fingerprint density at radius 1 is 0.844 bits per heavy atom. The molecule has 0 spiro atoms. The second kappa shape index (κ2) is 11.5. The van der Waals surface area contributed by atoms with Gasteiger partial charge in [0.25, 0.3) is 0 Å². The average Bonchev–Trinajstić information content (AvgIpc) is 2.81. The highest BCUT2D eigenvalue weighted by Gasteiger charge is 2.13. The van der Waals surface area contributed by atoms with E-state index < -0.39 is 5.97 Å². The summed E-state index contributed by atoms with van der Waals surface area (Å²) in [5, 5.41) is 8.74. The lowest BCUT2D eigenvalue weighted by Crippen LogP contribution is -2.21. The summed E-state index contributed by atoms with van der Waals surface area (Å²) >= 11 is 0. The molecule has 0 aliphatic carbocycles. The van der Waals surface area contributed by atoms with Gasteiger partial charge in [-0.05, 0) is 17.5 Å². The zero-order chi connectivity index (χ0) is 22.8. The molecular weight excluding hydrogens is 410 g/mol. The minimum Gasteiger partial charge on any atom is -0.483 e. The topological polar surface area (TPSA) is 94.8 Å². The summed E-state index contributed by atoms with van der Waals surface area (Å²) < 4.78 is 7.17. The van der Waals surface area contributed by atoms with Crippen LogP contribution in [0.25, 0.3) is 0 Å². The van der Waals surface area contributed by atoms with Crippen molar-refractivity contribution in [3.05, 3.63) is 100.0 Å². The van der Waals surface area contributed by atoms with Crippen LogP contribution in [0, 0.1) is 0 Å². The van der Waals surface area contributed by atoms with Gasteiger partial charge in [0, 0.05) is 18.9 Å². The molecule has 3 aromatic rings. The molecule has 0 radical (unpaired) electrons. The zero-order valence-corrected chi connectivity index (χ0v) is 17.6. The van der Waals surface area contributed by atoms with Crippen LogP contribution < -0.4 is 15.0 Å². The SMILES string of the molecule is O=C(O)CCC(=O)CCc1cc(=O)c(OCc2ccccc2)cn1OCc1ccccc1. The summed E-state index contributed by atoms with van der Waals surface area (Å²) in [6, 6.07) is 20.5. The van der Waals surface area contributed by atoms with Crippen LogP contribution in [-0.2, 0) is 29.2 Å². The molecule has 1 aromatic heterocycles. The smallest absolute Gasteiger partial charge is 0.303 e. The maximum absolute atomic E-state index is 12.6. The van der Waals surface area contributed by atoms with Crippen LogP contribution in [0.4, 0.5) is 0 Å². The molecule has 0 fully saturated rings. The number of aryl methyl sites for hydroxylation is 1. The third-order valence-corrected chi connectivity index (χ3v) is 4.79. The molecule has 0 unspecified atom stereocenters. The van der Waals surface area contributed by atoms with Crippen molar-refractivity contribution in [2.45, 2.75) is 38.9 Å². The van der Waals surface area contributed by atoms with Crippen molar-refractivity contribution >= 4 is 11.8 Å². The van der Waals surface area contributed by atoms with Gasteiger partial charge in [-0.15, -0.1) is 0 Å². The first kappa shape index (κ1) is 22.8. The van der Waals surface area contributed by atoms with Crippen LogP contribution in [0.5, 0.6) is 5.75 Å². The largest absolute Gasteiger partial charge is 0.483 e. The summed E-state index contributed by atoms with van der Waals surface area (Å²) in [6.07, 6.45) is 1.61. The summed E-state index contributed by atoms with van der Waals surface area (Å²) in [6.45, 7) is 0.504. The molecule has 0 aliphatic rings. The number of nitrogens with zero attached hydrogens (tertiary/aromatic N) is 1. The molecule has 0 saturated heterocycles. The Morgan fingerprint density at radius 2 is 1.47 bits per heavy atom. The number of ether oxygens (including phenoxy) is 1.